The van der Waals surface area contributed by atoms with Gasteiger partial charge in [-0.15, -0.1) is 0 Å². The first-order valence-corrected chi connectivity index (χ1v) is 7.11. The number of ether oxygens (including phenoxy) is 1. The summed E-state index contributed by atoms with van der Waals surface area (Å²) in [6.45, 7) is 2.63. The average molecular weight is 331 g/mol. The second kappa shape index (κ2) is 8.60. The van der Waals surface area contributed by atoms with Crippen molar-refractivity contribution in [2.24, 2.45) is 0 Å². The first-order chi connectivity index (χ1) is 10.8. The maximum atomic E-state index is 12.7. The number of alkyl halides is 3. The fourth-order valence-electron chi connectivity index (χ4n) is 1.97. The molecular weight excluding hydrogens is 311 g/mol. The first kappa shape index (κ1) is 19.1. The molecule has 1 unspecified atom stereocenters. The normalized spacial score (nSPS) is 12.8. The zero-order valence-corrected chi connectivity index (χ0v) is 13.0. The van der Waals surface area contributed by atoms with Crippen molar-refractivity contribution < 1.29 is 23.0 Å². The Labute approximate surface area is 133 Å². The molecule has 0 radical (unpaired) electrons. The van der Waals surface area contributed by atoms with Gasteiger partial charge < -0.3 is 15.2 Å². The summed E-state index contributed by atoms with van der Waals surface area (Å²) < 4.78 is 43.6. The van der Waals surface area contributed by atoms with Crippen molar-refractivity contribution in [1.29, 1.82) is 5.26 Å². The first-order valence-electron chi connectivity index (χ1n) is 7.11. The predicted molar refractivity (Wildman–Crippen MR) is 80.2 cm³/mol. The van der Waals surface area contributed by atoms with Crippen molar-refractivity contribution >= 4 is 5.69 Å². The Morgan fingerprint density at radius 1 is 1.43 bits per heavy atom. The maximum Gasteiger partial charge on any atom is 0.416 e. The van der Waals surface area contributed by atoms with E-state index in [1.807, 2.05) is 13.0 Å². The molecule has 0 spiro atoms. The fourth-order valence-corrected chi connectivity index (χ4v) is 1.97. The number of hydrogen-bond acceptors (Lipinski definition) is 5. The van der Waals surface area contributed by atoms with Gasteiger partial charge in [-0.2, -0.15) is 18.4 Å². The van der Waals surface area contributed by atoms with Crippen LogP contribution >= 0.6 is 0 Å². The second-order valence-corrected chi connectivity index (χ2v) is 4.91. The van der Waals surface area contributed by atoms with Gasteiger partial charge in [-0.05, 0) is 24.7 Å². The van der Waals surface area contributed by atoms with Crippen LogP contribution in [0.3, 0.4) is 0 Å². The van der Waals surface area contributed by atoms with E-state index in [1.165, 1.54) is 6.07 Å². The van der Waals surface area contributed by atoms with Crippen molar-refractivity contribution in [2.75, 3.05) is 38.6 Å². The Morgan fingerprint density at radius 3 is 2.65 bits per heavy atom. The summed E-state index contributed by atoms with van der Waals surface area (Å²) in [4.78, 5) is 1.71. The van der Waals surface area contributed by atoms with Gasteiger partial charge in [0.2, 0.25) is 0 Å². The Balaban J connectivity index is 2.74. The molecule has 0 amide bonds. The van der Waals surface area contributed by atoms with Crippen molar-refractivity contribution in [3.8, 4) is 11.8 Å². The molecule has 0 aliphatic carbocycles. The van der Waals surface area contributed by atoms with Crippen LogP contribution in [-0.2, 0) is 6.18 Å². The third kappa shape index (κ3) is 5.96. The molecule has 0 fully saturated rings. The van der Waals surface area contributed by atoms with Crippen LogP contribution < -0.4 is 10.1 Å². The van der Waals surface area contributed by atoms with Gasteiger partial charge in [-0.25, -0.2) is 0 Å². The molecule has 0 saturated carbocycles. The summed E-state index contributed by atoms with van der Waals surface area (Å²) in [6.07, 6.45) is -5.38. The molecule has 0 aliphatic heterocycles. The van der Waals surface area contributed by atoms with Crippen molar-refractivity contribution in [2.45, 2.75) is 19.2 Å². The molecule has 0 aromatic heterocycles. The number of nitrogens with zero attached hydrogens (tertiary/aromatic N) is 2. The monoisotopic (exact) mass is 331 g/mol. The molecule has 1 aromatic carbocycles. The minimum atomic E-state index is -4.46. The summed E-state index contributed by atoms with van der Waals surface area (Å²) in [6, 6.07) is 5.11. The minimum absolute atomic E-state index is 0.0182. The van der Waals surface area contributed by atoms with E-state index in [4.69, 9.17) is 10.00 Å². The topological polar surface area (TPSA) is 68.5 Å². The van der Waals surface area contributed by atoms with Crippen molar-refractivity contribution in [1.82, 2.24) is 4.90 Å². The number of nitriles is 1. The molecule has 0 bridgehead atoms. The van der Waals surface area contributed by atoms with Crippen LogP contribution in [0.15, 0.2) is 18.2 Å². The van der Waals surface area contributed by atoms with E-state index in [0.717, 1.165) is 12.1 Å². The van der Waals surface area contributed by atoms with Gasteiger partial charge in [0.15, 0.2) is 0 Å². The third-order valence-electron chi connectivity index (χ3n) is 3.22. The van der Waals surface area contributed by atoms with Crippen molar-refractivity contribution in [3.05, 3.63) is 23.8 Å². The molecule has 5 nitrogen and oxygen atoms in total. The van der Waals surface area contributed by atoms with Gasteiger partial charge in [-0.1, -0.05) is 6.92 Å². The lowest BCUT2D eigenvalue weighted by atomic mass is 10.2. The van der Waals surface area contributed by atoms with E-state index >= 15 is 0 Å². The Kier molecular flexibility index (Phi) is 7.13. The van der Waals surface area contributed by atoms with Crippen LogP contribution in [0.5, 0.6) is 5.75 Å². The molecule has 2 N–H and O–H groups in total. The lowest BCUT2D eigenvalue weighted by molar-refractivity contribution is -0.137. The number of aliphatic hydroxyl groups is 1. The number of nitrogens with one attached hydrogen (secondary N) is 1. The molecule has 128 valence electrons. The molecule has 0 heterocycles. The summed E-state index contributed by atoms with van der Waals surface area (Å²) in [7, 11) is 1.57. The molecule has 0 saturated heterocycles. The van der Waals surface area contributed by atoms with Gasteiger partial charge in [0, 0.05) is 13.6 Å². The van der Waals surface area contributed by atoms with Crippen LogP contribution in [0, 0.1) is 11.3 Å². The highest BCUT2D eigenvalue weighted by Gasteiger charge is 2.31. The van der Waals surface area contributed by atoms with Crippen LogP contribution in [0.2, 0.25) is 0 Å². The predicted octanol–water partition coefficient (Wildman–Crippen LogP) is 2.33. The highest BCUT2D eigenvalue weighted by Crippen LogP contribution is 2.35. The van der Waals surface area contributed by atoms with E-state index in [9.17, 15) is 18.3 Å². The number of anilines is 1. The van der Waals surface area contributed by atoms with E-state index in [0.29, 0.717) is 12.2 Å². The SMILES string of the molecule is CCN(CC#N)CC(O)COc1cc(C(F)(F)F)ccc1NC. The molecule has 1 atom stereocenters. The molecule has 1 rings (SSSR count). The molecular formula is C15H20F3N3O2. The van der Waals surface area contributed by atoms with Gasteiger partial charge in [-0.3, -0.25) is 4.90 Å². The zero-order valence-electron chi connectivity index (χ0n) is 13.0. The third-order valence-corrected chi connectivity index (χ3v) is 3.22. The zero-order chi connectivity index (χ0) is 17.5. The van der Waals surface area contributed by atoms with E-state index in [1.54, 1.807) is 11.9 Å². The number of hydrogen-bond donors (Lipinski definition) is 2. The van der Waals surface area contributed by atoms with E-state index < -0.39 is 17.8 Å². The van der Waals surface area contributed by atoms with E-state index in [-0.39, 0.29) is 25.4 Å². The van der Waals surface area contributed by atoms with Crippen LogP contribution in [0.1, 0.15) is 12.5 Å². The number of rotatable bonds is 8. The summed E-state index contributed by atoms with van der Waals surface area (Å²) in [5.74, 6) is 0.0182. The van der Waals surface area contributed by atoms with E-state index in [2.05, 4.69) is 5.32 Å². The van der Waals surface area contributed by atoms with Gasteiger partial charge in [0.1, 0.15) is 18.5 Å². The second-order valence-electron chi connectivity index (χ2n) is 4.91. The van der Waals surface area contributed by atoms with Gasteiger partial charge >= 0.3 is 6.18 Å². The largest absolute Gasteiger partial charge is 0.489 e. The smallest absolute Gasteiger partial charge is 0.416 e. The Morgan fingerprint density at radius 2 is 2.13 bits per heavy atom. The maximum absolute atomic E-state index is 12.7. The van der Waals surface area contributed by atoms with Crippen LogP contribution in [-0.4, -0.2) is 49.4 Å². The quantitative estimate of drug-likeness (QED) is 0.716. The lowest BCUT2D eigenvalue weighted by Crippen LogP contribution is -2.35. The van der Waals surface area contributed by atoms with Crippen LogP contribution in [0.4, 0.5) is 18.9 Å². The number of halogens is 3. The molecule has 0 aliphatic rings. The minimum Gasteiger partial charge on any atom is -0.489 e. The average Bonchev–Trinajstić information content (AvgIpc) is 2.51. The van der Waals surface area contributed by atoms with Crippen LogP contribution in [0.25, 0.3) is 0 Å². The molecule has 1 aromatic rings. The number of aliphatic hydroxyl groups excluding tert-OH is 1. The summed E-state index contributed by atoms with van der Waals surface area (Å²) in [5.41, 5.74) is -0.421. The van der Waals surface area contributed by atoms with Gasteiger partial charge in [0.05, 0.1) is 23.9 Å². The number of likely N-dealkylation sites (N-methyl/N-ethyl adjacent to an activating group) is 1. The van der Waals surface area contributed by atoms with Crippen molar-refractivity contribution in [3.63, 3.8) is 0 Å². The number of benzene rings is 1. The standard InChI is InChI=1S/C15H20F3N3O2/c1-3-21(7-6-19)9-12(22)10-23-14-8-11(15(16,17)18)4-5-13(14)20-2/h4-5,8,12,20,22H,3,7,9-10H2,1-2H3. The Hall–Kier alpha value is -1.98. The Bertz CT molecular complexity index is 544. The fraction of sp³-hybridized carbons (Fsp3) is 0.533. The lowest BCUT2D eigenvalue weighted by Gasteiger charge is -2.21. The summed E-state index contributed by atoms with van der Waals surface area (Å²) in [5, 5.41) is 21.3. The van der Waals surface area contributed by atoms with Gasteiger partial charge in [0.25, 0.3) is 0 Å². The molecule has 23 heavy (non-hydrogen) atoms. The molecule has 8 heteroatoms. The highest BCUT2D eigenvalue weighted by molar-refractivity contribution is 5.57. The highest BCUT2D eigenvalue weighted by atomic mass is 19.4. The summed E-state index contributed by atoms with van der Waals surface area (Å²) >= 11 is 0.